The summed E-state index contributed by atoms with van der Waals surface area (Å²) in [7, 11) is 0. The van der Waals surface area contributed by atoms with Crippen molar-refractivity contribution in [1.29, 1.82) is 0 Å². The molecule has 0 aliphatic carbocycles. The van der Waals surface area contributed by atoms with Crippen LogP contribution in [0.1, 0.15) is 45.2 Å². The summed E-state index contributed by atoms with van der Waals surface area (Å²) in [4.78, 5) is 0. The highest BCUT2D eigenvalue weighted by molar-refractivity contribution is 5.78. The molecule has 0 saturated carbocycles. The smallest absolute Gasteiger partial charge is 0.0155 e. The fourth-order valence-electron chi connectivity index (χ4n) is 1.97. The molecule has 106 valence electrons. The Balaban J connectivity index is 3.42. The zero-order valence-electron chi connectivity index (χ0n) is 13.5. The van der Waals surface area contributed by atoms with Gasteiger partial charge in [-0.05, 0) is 62.0 Å². The second kappa shape index (κ2) is 7.69. The van der Waals surface area contributed by atoms with Crippen molar-refractivity contribution in [2.24, 2.45) is 0 Å². The number of benzene rings is 1. The fraction of sp³-hybridized carbons (Fsp3) is 0.300. The lowest BCUT2D eigenvalue weighted by Gasteiger charge is -2.10. The third-order valence-electron chi connectivity index (χ3n) is 3.72. The van der Waals surface area contributed by atoms with E-state index in [4.69, 9.17) is 0 Å². The lowest BCUT2D eigenvalue weighted by atomic mass is 9.95. The van der Waals surface area contributed by atoms with E-state index in [1.54, 1.807) is 0 Å². The largest absolute Gasteiger partial charge is 0.0988 e. The molecule has 0 aromatic heterocycles. The molecule has 0 aliphatic rings. The van der Waals surface area contributed by atoms with Gasteiger partial charge < -0.3 is 0 Å². The number of rotatable bonds is 5. The minimum Gasteiger partial charge on any atom is -0.0988 e. The van der Waals surface area contributed by atoms with Crippen LogP contribution >= 0.6 is 0 Å². The molecule has 1 aromatic carbocycles. The highest BCUT2D eigenvalue weighted by Crippen LogP contribution is 2.24. The molecular formula is C20H26. The van der Waals surface area contributed by atoms with Gasteiger partial charge in [0.15, 0.2) is 0 Å². The first-order chi connectivity index (χ1) is 9.49. The Morgan fingerprint density at radius 1 is 1.05 bits per heavy atom. The molecule has 0 fully saturated rings. The van der Waals surface area contributed by atoms with Crippen molar-refractivity contribution in [3.63, 3.8) is 0 Å². The van der Waals surface area contributed by atoms with Gasteiger partial charge in [0.05, 0.1) is 0 Å². The minimum atomic E-state index is 1.08. The van der Waals surface area contributed by atoms with Gasteiger partial charge in [0, 0.05) is 0 Å². The van der Waals surface area contributed by atoms with Crippen molar-refractivity contribution < 1.29 is 0 Å². The van der Waals surface area contributed by atoms with E-state index >= 15 is 0 Å². The zero-order valence-corrected chi connectivity index (χ0v) is 13.5. The summed E-state index contributed by atoms with van der Waals surface area (Å²) < 4.78 is 0. The third kappa shape index (κ3) is 4.38. The Hall–Kier alpha value is -1.82. The Morgan fingerprint density at radius 3 is 2.25 bits per heavy atom. The van der Waals surface area contributed by atoms with Crippen LogP contribution in [0.4, 0.5) is 0 Å². The van der Waals surface area contributed by atoms with Gasteiger partial charge in [-0.15, -0.1) is 0 Å². The molecule has 0 unspecified atom stereocenters. The number of hydrogen-bond donors (Lipinski definition) is 0. The van der Waals surface area contributed by atoms with E-state index in [1.165, 1.54) is 33.4 Å². The number of aryl methyl sites for hydroxylation is 1. The predicted molar refractivity (Wildman–Crippen MR) is 91.8 cm³/mol. The van der Waals surface area contributed by atoms with Gasteiger partial charge >= 0.3 is 0 Å². The molecule has 0 bridgehead atoms. The topological polar surface area (TPSA) is 0 Å². The van der Waals surface area contributed by atoms with Crippen molar-refractivity contribution in [3.05, 3.63) is 76.9 Å². The second-order valence-electron chi connectivity index (χ2n) is 5.33. The van der Waals surface area contributed by atoms with Crippen LogP contribution in [0.3, 0.4) is 0 Å². The molecule has 0 heteroatoms. The molecule has 0 spiro atoms. The van der Waals surface area contributed by atoms with Crippen LogP contribution in [-0.4, -0.2) is 0 Å². The van der Waals surface area contributed by atoms with Gasteiger partial charge in [-0.2, -0.15) is 0 Å². The van der Waals surface area contributed by atoms with E-state index < -0.39 is 0 Å². The maximum absolute atomic E-state index is 3.85. The normalized spacial score (nSPS) is 14.1. The summed E-state index contributed by atoms with van der Waals surface area (Å²) in [6, 6.07) is 8.55. The van der Waals surface area contributed by atoms with Crippen LogP contribution in [0.2, 0.25) is 0 Å². The summed E-state index contributed by atoms with van der Waals surface area (Å²) in [5, 5.41) is 0. The van der Waals surface area contributed by atoms with E-state index in [0.29, 0.717) is 0 Å². The summed E-state index contributed by atoms with van der Waals surface area (Å²) in [5.74, 6) is 0. The zero-order chi connectivity index (χ0) is 15.1. The van der Waals surface area contributed by atoms with E-state index in [1.807, 2.05) is 6.08 Å². The van der Waals surface area contributed by atoms with Gasteiger partial charge in [0.25, 0.3) is 0 Å². The summed E-state index contributed by atoms with van der Waals surface area (Å²) in [6.07, 6.45) is 7.55. The molecule has 20 heavy (non-hydrogen) atoms. The molecule has 0 saturated heterocycles. The highest BCUT2D eigenvalue weighted by atomic mass is 14.1. The van der Waals surface area contributed by atoms with Crippen molar-refractivity contribution in [2.75, 3.05) is 0 Å². The monoisotopic (exact) mass is 266 g/mol. The van der Waals surface area contributed by atoms with E-state index in [0.717, 1.165) is 6.42 Å². The SMILES string of the molecule is C=C/C(C)=C(C)/C=C(\C=C(\C)CC)c1ccccc1C. The van der Waals surface area contributed by atoms with E-state index in [9.17, 15) is 0 Å². The van der Waals surface area contributed by atoms with Crippen LogP contribution in [0.25, 0.3) is 5.57 Å². The fourth-order valence-corrected chi connectivity index (χ4v) is 1.97. The van der Waals surface area contributed by atoms with Gasteiger partial charge in [-0.3, -0.25) is 0 Å². The summed E-state index contributed by atoms with van der Waals surface area (Å²) >= 11 is 0. The third-order valence-corrected chi connectivity index (χ3v) is 3.72. The average molecular weight is 266 g/mol. The van der Waals surface area contributed by atoms with Crippen LogP contribution in [0.15, 0.2) is 65.8 Å². The maximum atomic E-state index is 3.85. The minimum absolute atomic E-state index is 1.08. The first-order valence-corrected chi connectivity index (χ1v) is 7.24. The molecular weight excluding hydrogens is 240 g/mol. The molecule has 0 N–H and O–H groups in total. The van der Waals surface area contributed by atoms with Gasteiger partial charge in [-0.1, -0.05) is 61.6 Å². The van der Waals surface area contributed by atoms with E-state index in [-0.39, 0.29) is 0 Å². The second-order valence-corrected chi connectivity index (χ2v) is 5.33. The van der Waals surface area contributed by atoms with Crippen molar-refractivity contribution in [1.82, 2.24) is 0 Å². The van der Waals surface area contributed by atoms with Crippen molar-refractivity contribution >= 4 is 5.57 Å². The Kier molecular flexibility index (Phi) is 6.24. The van der Waals surface area contributed by atoms with Gasteiger partial charge in [-0.25, -0.2) is 0 Å². The molecule has 0 heterocycles. The molecule has 0 amide bonds. The van der Waals surface area contributed by atoms with Crippen LogP contribution in [-0.2, 0) is 0 Å². The first-order valence-electron chi connectivity index (χ1n) is 7.24. The molecule has 1 aromatic rings. The maximum Gasteiger partial charge on any atom is -0.0155 e. The lowest BCUT2D eigenvalue weighted by Crippen LogP contribution is -1.89. The summed E-state index contributed by atoms with van der Waals surface area (Å²) in [6.45, 7) is 14.6. The lowest BCUT2D eigenvalue weighted by molar-refractivity contribution is 1.10. The Bertz CT molecular complexity index is 565. The molecule has 0 nitrogen and oxygen atoms in total. The average Bonchev–Trinajstić information content (AvgIpc) is 2.45. The van der Waals surface area contributed by atoms with Gasteiger partial charge in [0.2, 0.25) is 0 Å². The van der Waals surface area contributed by atoms with Crippen LogP contribution < -0.4 is 0 Å². The van der Waals surface area contributed by atoms with Gasteiger partial charge in [0.1, 0.15) is 0 Å². The van der Waals surface area contributed by atoms with Crippen LogP contribution in [0.5, 0.6) is 0 Å². The number of hydrogen-bond acceptors (Lipinski definition) is 0. The Morgan fingerprint density at radius 2 is 1.70 bits per heavy atom. The quantitative estimate of drug-likeness (QED) is 0.552. The van der Waals surface area contributed by atoms with Crippen molar-refractivity contribution in [3.8, 4) is 0 Å². The molecule has 0 atom stereocenters. The molecule has 0 aliphatic heterocycles. The standard InChI is InChI=1S/C20H26/c1-7-15(3)13-19(14-18(6)16(4)8-2)20-12-10-9-11-17(20)5/h8-14H,2,7H2,1,3-6H3/b15-13-,18-16+,19-14+. The van der Waals surface area contributed by atoms with E-state index in [2.05, 4.69) is 77.6 Å². The number of allylic oxidation sites excluding steroid dienone is 7. The highest BCUT2D eigenvalue weighted by Gasteiger charge is 2.03. The van der Waals surface area contributed by atoms with Crippen molar-refractivity contribution in [2.45, 2.75) is 41.0 Å². The first kappa shape index (κ1) is 16.2. The molecule has 0 radical (unpaired) electrons. The molecule has 1 rings (SSSR count). The Labute approximate surface area is 124 Å². The van der Waals surface area contributed by atoms with Crippen LogP contribution in [0, 0.1) is 6.92 Å². The summed E-state index contributed by atoms with van der Waals surface area (Å²) in [5.41, 5.74) is 7.77. The predicted octanol–water partition coefficient (Wildman–Crippen LogP) is 6.26.